The van der Waals surface area contributed by atoms with Crippen molar-refractivity contribution < 1.29 is 23.8 Å². The van der Waals surface area contributed by atoms with Crippen molar-refractivity contribution in [2.45, 2.75) is 26.9 Å². The van der Waals surface area contributed by atoms with Gasteiger partial charge >= 0.3 is 5.97 Å². The number of ether oxygens (including phenoxy) is 1. The van der Waals surface area contributed by atoms with E-state index >= 15 is 0 Å². The van der Waals surface area contributed by atoms with Gasteiger partial charge in [0, 0.05) is 6.54 Å². The maximum Gasteiger partial charge on any atom is 0.323 e. The van der Waals surface area contributed by atoms with Gasteiger partial charge in [-0.05, 0) is 25.0 Å². The Hall–Kier alpha value is -2.11. The van der Waals surface area contributed by atoms with E-state index in [1.54, 1.807) is 6.07 Å². The molecule has 1 aromatic carbocycles. The van der Waals surface area contributed by atoms with Gasteiger partial charge in [-0.25, -0.2) is 4.39 Å². The fraction of sp³-hybridized carbons (Fsp3) is 0.467. The molecule has 0 bridgehead atoms. The van der Waals surface area contributed by atoms with Crippen molar-refractivity contribution in [3.63, 3.8) is 0 Å². The molecule has 0 aromatic heterocycles. The predicted octanol–water partition coefficient (Wildman–Crippen LogP) is 2.16. The van der Waals surface area contributed by atoms with Crippen LogP contribution in [0.5, 0.6) is 5.75 Å². The van der Waals surface area contributed by atoms with Crippen LogP contribution in [0.3, 0.4) is 0 Å². The van der Waals surface area contributed by atoms with Crippen molar-refractivity contribution in [3.05, 3.63) is 30.1 Å². The topological polar surface area (TPSA) is 66.8 Å². The number of aliphatic carboxylic acids is 1. The van der Waals surface area contributed by atoms with Gasteiger partial charge in [-0.1, -0.05) is 26.0 Å². The van der Waals surface area contributed by atoms with E-state index in [9.17, 15) is 14.0 Å². The van der Waals surface area contributed by atoms with Crippen LogP contribution < -0.4 is 4.74 Å². The Bertz CT molecular complexity index is 504. The summed E-state index contributed by atoms with van der Waals surface area (Å²) in [6.07, 6.45) is -0.958. The third kappa shape index (κ3) is 5.41. The average molecular weight is 297 g/mol. The lowest BCUT2D eigenvalue weighted by Crippen LogP contribution is -2.44. The molecule has 1 N–H and O–H groups in total. The number of carboxylic acids is 1. The summed E-state index contributed by atoms with van der Waals surface area (Å²) in [6, 6.07) is 5.77. The van der Waals surface area contributed by atoms with Crippen molar-refractivity contribution in [1.29, 1.82) is 0 Å². The summed E-state index contributed by atoms with van der Waals surface area (Å²) in [6.45, 7) is 5.14. The summed E-state index contributed by atoms with van der Waals surface area (Å²) in [5, 5.41) is 8.87. The maximum atomic E-state index is 13.5. The first-order valence-corrected chi connectivity index (χ1v) is 6.73. The van der Waals surface area contributed by atoms with E-state index in [4.69, 9.17) is 9.84 Å². The Labute approximate surface area is 123 Å². The minimum Gasteiger partial charge on any atom is -0.480 e. The molecule has 1 atom stereocenters. The molecule has 1 rings (SSSR count). The second-order valence-electron chi connectivity index (χ2n) is 5.20. The number of hydrogen-bond donors (Lipinski definition) is 1. The van der Waals surface area contributed by atoms with Crippen LogP contribution in [0.15, 0.2) is 24.3 Å². The summed E-state index contributed by atoms with van der Waals surface area (Å²) in [7, 11) is 0. The molecule has 1 unspecified atom stereocenters. The largest absolute Gasteiger partial charge is 0.480 e. The Morgan fingerprint density at radius 1 is 1.29 bits per heavy atom. The van der Waals surface area contributed by atoms with Crippen LogP contribution in [-0.4, -0.2) is 41.1 Å². The highest BCUT2D eigenvalue weighted by Crippen LogP contribution is 2.18. The number of halogens is 1. The smallest absolute Gasteiger partial charge is 0.323 e. The van der Waals surface area contributed by atoms with E-state index in [2.05, 4.69) is 0 Å². The Morgan fingerprint density at radius 2 is 1.90 bits per heavy atom. The molecule has 1 aromatic rings. The molecule has 116 valence electrons. The normalized spacial score (nSPS) is 12.0. The van der Waals surface area contributed by atoms with Gasteiger partial charge in [-0.3, -0.25) is 9.59 Å². The summed E-state index contributed by atoms with van der Waals surface area (Å²) < 4.78 is 18.8. The maximum absolute atomic E-state index is 13.5. The van der Waals surface area contributed by atoms with Gasteiger partial charge < -0.3 is 14.7 Å². The minimum absolute atomic E-state index is 0.0295. The van der Waals surface area contributed by atoms with Gasteiger partial charge in [0.2, 0.25) is 0 Å². The zero-order chi connectivity index (χ0) is 16.0. The van der Waals surface area contributed by atoms with Crippen molar-refractivity contribution >= 4 is 11.9 Å². The van der Waals surface area contributed by atoms with E-state index in [0.29, 0.717) is 6.54 Å². The van der Waals surface area contributed by atoms with Crippen LogP contribution in [0.4, 0.5) is 4.39 Å². The first-order valence-electron chi connectivity index (χ1n) is 6.73. The zero-order valence-electron chi connectivity index (χ0n) is 12.4. The number of nitrogens with zero attached hydrogens (tertiary/aromatic N) is 1. The quantitative estimate of drug-likeness (QED) is 0.837. The van der Waals surface area contributed by atoms with Crippen LogP contribution in [0.2, 0.25) is 0 Å². The first kappa shape index (κ1) is 16.9. The standard InChI is InChI=1S/C15H20FNO4/c1-10(2)8-17(9-14(18)19)15(20)11(3)21-13-7-5-4-6-12(13)16/h4-7,10-11H,8-9H2,1-3H3,(H,18,19). The molecule has 0 spiro atoms. The summed E-state index contributed by atoms with van der Waals surface area (Å²) in [5.74, 6) is -2.05. The van der Waals surface area contributed by atoms with Gasteiger partial charge in [0.15, 0.2) is 17.7 Å². The molecule has 0 fully saturated rings. The number of carboxylic acid groups (broad SMARTS) is 1. The Kier molecular flexibility index (Phi) is 6.14. The molecule has 0 radical (unpaired) electrons. The van der Waals surface area contributed by atoms with Gasteiger partial charge in [-0.2, -0.15) is 0 Å². The van der Waals surface area contributed by atoms with E-state index in [0.717, 1.165) is 0 Å². The highest BCUT2D eigenvalue weighted by atomic mass is 19.1. The summed E-state index contributed by atoms with van der Waals surface area (Å²) >= 11 is 0. The number of para-hydroxylation sites is 1. The second kappa shape index (κ2) is 7.61. The number of amides is 1. The Balaban J connectivity index is 2.77. The van der Waals surface area contributed by atoms with Crippen LogP contribution in [0.1, 0.15) is 20.8 Å². The first-order chi connectivity index (χ1) is 9.81. The van der Waals surface area contributed by atoms with E-state index in [1.165, 1.54) is 30.0 Å². The highest BCUT2D eigenvalue weighted by molar-refractivity contribution is 5.84. The number of rotatable bonds is 7. The van der Waals surface area contributed by atoms with Crippen LogP contribution in [0.25, 0.3) is 0 Å². The van der Waals surface area contributed by atoms with Gasteiger partial charge in [-0.15, -0.1) is 0 Å². The molecule has 6 heteroatoms. The lowest BCUT2D eigenvalue weighted by Gasteiger charge is -2.26. The fourth-order valence-corrected chi connectivity index (χ4v) is 1.87. The summed E-state index contributed by atoms with van der Waals surface area (Å²) in [4.78, 5) is 24.3. The zero-order valence-corrected chi connectivity index (χ0v) is 12.4. The number of benzene rings is 1. The van der Waals surface area contributed by atoms with Crippen LogP contribution in [0, 0.1) is 11.7 Å². The molecule has 1 amide bonds. The molecule has 0 aliphatic carbocycles. The van der Waals surface area contributed by atoms with Gasteiger partial charge in [0.25, 0.3) is 5.91 Å². The van der Waals surface area contributed by atoms with Crippen molar-refractivity contribution in [2.24, 2.45) is 5.92 Å². The fourth-order valence-electron chi connectivity index (χ4n) is 1.87. The Morgan fingerprint density at radius 3 is 2.43 bits per heavy atom. The van der Waals surface area contributed by atoms with E-state index < -0.39 is 30.3 Å². The molecule has 0 saturated carbocycles. The van der Waals surface area contributed by atoms with Crippen molar-refractivity contribution in [2.75, 3.05) is 13.1 Å². The number of carbonyl (C=O) groups is 2. The molecule has 0 aliphatic heterocycles. The molecular formula is C15H20FNO4. The second-order valence-corrected chi connectivity index (χ2v) is 5.20. The monoisotopic (exact) mass is 297 g/mol. The lowest BCUT2D eigenvalue weighted by molar-refractivity contribution is -0.147. The molecule has 0 saturated heterocycles. The third-order valence-electron chi connectivity index (χ3n) is 2.71. The highest BCUT2D eigenvalue weighted by Gasteiger charge is 2.25. The van der Waals surface area contributed by atoms with E-state index in [1.807, 2.05) is 13.8 Å². The summed E-state index contributed by atoms with van der Waals surface area (Å²) in [5.41, 5.74) is 0. The molecule has 0 aliphatic rings. The van der Waals surface area contributed by atoms with Crippen molar-refractivity contribution in [3.8, 4) is 5.75 Å². The number of carbonyl (C=O) groups excluding carboxylic acids is 1. The molecule has 5 nitrogen and oxygen atoms in total. The van der Waals surface area contributed by atoms with Crippen LogP contribution in [-0.2, 0) is 9.59 Å². The molecular weight excluding hydrogens is 277 g/mol. The number of hydrogen-bond acceptors (Lipinski definition) is 3. The van der Waals surface area contributed by atoms with Gasteiger partial charge in [0.1, 0.15) is 6.54 Å². The molecule has 21 heavy (non-hydrogen) atoms. The van der Waals surface area contributed by atoms with Gasteiger partial charge in [0.05, 0.1) is 0 Å². The molecule has 0 heterocycles. The minimum atomic E-state index is -1.10. The average Bonchev–Trinajstić information content (AvgIpc) is 2.38. The van der Waals surface area contributed by atoms with Crippen molar-refractivity contribution in [1.82, 2.24) is 4.90 Å². The third-order valence-corrected chi connectivity index (χ3v) is 2.71. The predicted molar refractivity (Wildman–Crippen MR) is 75.5 cm³/mol. The SMILES string of the molecule is CC(C)CN(CC(=O)O)C(=O)C(C)Oc1ccccc1F. The van der Waals surface area contributed by atoms with E-state index in [-0.39, 0.29) is 11.7 Å². The van der Waals surface area contributed by atoms with Crippen LogP contribution >= 0.6 is 0 Å². The lowest BCUT2D eigenvalue weighted by atomic mass is 10.2.